The van der Waals surface area contributed by atoms with E-state index in [9.17, 15) is 13.2 Å². The fraction of sp³-hybridized carbons (Fsp3) is 0.550. The molecule has 3 aliphatic heterocycles. The summed E-state index contributed by atoms with van der Waals surface area (Å²) in [4.78, 5) is 15.7. The highest BCUT2D eigenvalue weighted by Crippen LogP contribution is 2.37. The fourth-order valence-electron chi connectivity index (χ4n) is 5.02. The Morgan fingerprint density at radius 1 is 1.10 bits per heavy atom. The molecule has 0 aliphatic carbocycles. The van der Waals surface area contributed by atoms with Gasteiger partial charge >= 0.3 is 0 Å². The van der Waals surface area contributed by atoms with Gasteiger partial charge in [-0.1, -0.05) is 6.07 Å². The van der Waals surface area contributed by atoms with Crippen LogP contribution in [0.3, 0.4) is 0 Å². The number of rotatable bonds is 4. The van der Waals surface area contributed by atoms with Gasteiger partial charge in [-0.2, -0.15) is 0 Å². The van der Waals surface area contributed by atoms with Gasteiger partial charge in [0, 0.05) is 50.5 Å². The number of piperidine rings is 1. The monoisotopic (exact) mass is 435 g/mol. The van der Waals surface area contributed by atoms with Gasteiger partial charge in [0.25, 0.3) is 15.6 Å². The van der Waals surface area contributed by atoms with E-state index in [0.29, 0.717) is 24.4 Å². The van der Waals surface area contributed by atoms with E-state index in [1.807, 2.05) is 6.07 Å². The van der Waals surface area contributed by atoms with E-state index in [2.05, 4.69) is 9.62 Å². The van der Waals surface area contributed by atoms with Crippen molar-refractivity contribution in [3.05, 3.63) is 45.7 Å². The van der Waals surface area contributed by atoms with E-state index in [-0.39, 0.29) is 15.5 Å². The molecule has 29 heavy (non-hydrogen) atoms. The number of nitrogens with one attached hydrogen (secondary N) is 1. The van der Waals surface area contributed by atoms with Crippen LogP contribution in [-0.4, -0.2) is 50.2 Å². The molecule has 2 saturated heterocycles. The topological polar surface area (TPSA) is 80.6 Å². The van der Waals surface area contributed by atoms with E-state index < -0.39 is 10.0 Å². The van der Waals surface area contributed by atoms with Gasteiger partial charge in [0.05, 0.1) is 0 Å². The quantitative estimate of drug-likeness (QED) is 0.797. The minimum atomic E-state index is -3.73. The van der Waals surface area contributed by atoms with Crippen molar-refractivity contribution in [2.24, 2.45) is 5.92 Å². The molecular formula is C20H25N3O4S2. The second-order valence-corrected chi connectivity index (χ2v) is 11.1. The molecule has 0 radical (unpaired) electrons. The van der Waals surface area contributed by atoms with Crippen molar-refractivity contribution in [1.82, 2.24) is 9.47 Å². The lowest BCUT2D eigenvalue weighted by Crippen LogP contribution is -2.51. The molecule has 2 atom stereocenters. The summed E-state index contributed by atoms with van der Waals surface area (Å²) >= 11 is 1.14. The normalized spacial score (nSPS) is 25.5. The first-order valence-electron chi connectivity index (χ1n) is 10.1. The maximum Gasteiger partial charge on any atom is 0.275 e. The van der Waals surface area contributed by atoms with E-state index in [1.165, 1.54) is 6.07 Å². The van der Waals surface area contributed by atoms with Crippen LogP contribution in [0.15, 0.2) is 38.6 Å². The van der Waals surface area contributed by atoms with Crippen molar-refractivity contribution in [3.63, 3.8) is 0 Å². The predicted octanol–water partition coefficient (Wildman–Crippen LogP) is 2.31. The largest absolute Gasteiger partial charge is 0.381 e. The van der Waals surface area contributed by atoms with Crippen LogP contribution in [0.2, 0.25) is 0 Å². The first-order chi connectivity index (χ1) is 14.0. The third-order valence-corrected chi connectivity index (χ3v) is 9.11. The highest BCUT2D eigenvalue weighted by molar-refractivity contribution is 7.94. The van der Waals surface area contributed by atoms with Crippen LogP contribution in [0, 0.1) is 5.92 Å². The SMILES string of the molecule is O=c1c(NS(=O)(=O)c2cccs2)ccc2n1CC1CC2CN(C2CCOCC2)C1. The maximum atomic E-state index is 13.1. The molecule has 156 valence electrons. The van der Waals surface area contributed by atoms with Gasteiger partial charge in [0.2, 0.25) is 0 Å². The molecule has 3 aliphatic rings. The summed E-state index contributed by atoms with van der Waals surface area (Å²) in [5.41, 5.74) is 0.919. The number of ether oxygens (including phenoxy) is 1. The molecule has 2 unspecified atom stereocenters. The van der Waals surface area contributed by atoms with E-state index in [0.717, 1.165) is 62.6 Å². The van der Waals surface area contributed by atoms with Crippen LogP contribution in [0.4, 0.5) is 5.69 Å². The third-order valence-electron chi connectivity index (χ3n) is 6.34. The van der Waals surface area contributed by atoms with Crippen LogP contribution in [0.25, 0.3) is 0 Å². The lowest BCUT2D eigenvalue weighted by molar-refractivity contribution is 0.00589. The van der Waals surface area contributed by atoms with Crippen molar-refractivity contribution < 1.29 is 13.2 Å². The molecule has 9 heteroatoms. The lowest BCUT2D eigenvalue weighted by atomic mass is 9.82. The number of thiophene rings is 1. The molecule has 2 fully saturated rings. The summed E-state index contributed by atoms with van der Waals surface area (Å²) in [5.74, 6) is 0.743. The van der Waals surface area contributed by atoms with Crippen LogP contribution in [0.5, 0.6) is 0 Å². The Morgan fingerprint density at radius 2 is 1.93 bits per heavy atom. The van der Waals surface area contributed by atoms with Crippen LogP contribution < -0.4 is 10.3 Å². The fourth-order valence-corrected chi connectivity index (χ4v) is 7.07. The molecule has 0 aromatic carbocycles. The maximum absolute atomic E-state index is 13.1. The number of hydrogen-bond acceptors (Lipinski definition) is 6. The number of anilines is 1. The van der Waals surface area contributed by atoms with Crippen LogP contribution in [0.1, 0.15) is 30.9 Å². The Balaban J connectivity index is 1.41. The Bertz CT molecular complexity index is 1040. The number of fused-ring (bicyclic) bond motifs is 4. The number of nitrogens with zero attached hydrogens (tertiary/aromatic N) is 2. The zero-order chi connectivity index (χ0) is 20.0. The van der Waals surface area contributed by atoms with Crippen LogP contribution >= 0.6 is 11.3 Å². The van der Waals surface area contributed by atoms with Crippen molar-refractivity contribution in [2.75, 3.05) is 31.0 Å². The molecule has 2 bridgehead atoms. The Hall–Kier alpha value is -1.68. The van der Waals surface area contributed by atoms with Gasteiger partial charge < -0.3 is 9.30 Å². The van der Waals surface area contributed by atoms with Crippen molar-refractivity contribution in [1.29, 1.82) is 0 Å². The van der Waals surface area contributed by atoms with Gasteiger partial charge in [0.15, 0.2) is 0 Å². The first-order valence-corrected chi connectivity index (χ1v) is 12.5. The highest BCUT2D eigenvalue weighted by atomic mass is 32.2. The van der Waals surface area contributed by atoms with Crippen molar-refractivity contribution >= 4 is 27.0 Å². The minimum absolute atomic E-state index is 0.128. The molecular weight excluding hydrogens is 410 g/mol. The van der Waals surface area contributed by atoms with Gasteiger partial charge in [-0.3, -0.25) is 14.4 Å². The predicted molar refractivity (Wildman–Crippen MR) is 112 cm³/mol. The molecule has 5 heterocycles. The van der Waals surface area contributed by atoms with Crippen LogP contribution in [-0.2, 0) is 21.3 Å². The Labute approximate surface area is 174 Å². The average Bonchev–Trinajstić information content (AvgIpc) is 3.27. The molecule has 2 aromatic heterocycles. The Kier molecular flexibility index (Phi) is 5.01. The summed E-state index contributed by atoms with van der Waals surface area (Å²) in [6, 6.07) is 7.36. The molecule has 5 rings (SSSR count). The Morgan fingerprint density at radius 3 is 2.69 bits per heavy atom. The smallest absolute Gasteiger partial charge is 0.275 e. The second kappa shape index (κ2) is 7.54. The van der Waals surface area contributed by atoms with E-state index in [4.69, 9.17) is 4.74 Å². The summed E-state index contributed by atoms with van der Waals surface area (Å²) in [6.45, 7) is 4.28. The molecule has 7 nitrogen and oxygen atoms in total. The standard InChI is InChI=1S/C20H25N3O4S2/c24-20-17(21-29(25,26)19-2-1-9-28-19)3-4-18-15-10-14(12-23(18)20)11-22(13-15)16-5-7-27-8-6-16/h1-4,9,14-16,21H,5-8,10-13H2. The van der Waals surface area contributed by atoms with Gasteiger partial charge in [-0.25, -0.2) is 8.42 Å². The first kappa shape index (κ1) is 19.3. The van der Waals surface area contributed by atoms with E-state index in [1.54, 1.807) is 22.1 Å². The number of likely N-dealkylation sites (tertiary alicyclic amines) is 1. The van der Waals surface area contributed by atoms with Gasteiger partial charge in [0.1, 0.15) is 9.90 Å². The molecule has 1 N–H and O–H groups in total. The minimum Gasteiger partial charge on any atom is -0.381 e. The number of sulfonamides is 1. The zero-order valence-corrected chi connectivity index (χ0v) is 17.8. The lowest BCUT2D eigenvalue weighted by Gasteiger charge is -2.46. The summed E-state index contributed by atoms with van der Waals surface area (Å²) < 4.78 is 35.1. The molecule has 0 amide bonds. The highest BCUT2D eigenvalue weighted by Gasteiger charge is 2.37. The second-order valence-electron chi connectivity index (χ2n) is 8.22. The zero-order valence-electron chi connectivity index (χ0n) is 16.1. The summed E-state index contributed by atoms with van der Waals surface area (Å²) in [5, 5.41) is 1.71. The summed E-state index contributed by atoms with van der Waals surface area (Å²) in [7, 11) is -3.73. The van der Waals surface area contributed by atoms with Gasteiger partial charge in [-0.15, -0.1) is 11.3 Å². The van der Waals surface area contributed by atoms with Crippen molar-refractivity contribution in [2.45, 2.75) is 42.0 Å². The average molecular weight is 436 g/mol. The summed E-state index contributed by atoms with van der Waals surface area (Å²) in [6.07, 6.45) is 3.25. The molecule has 0 spiro atoms. The number of pyridine rings is 1. The van der Waals surface area contributed by atoms with E-state index >= 15 is 0 Å². The molecule has 0 saturated carbocycles. The molecule has 2 aromatic rings. The van der Waals surface area contributed by atoms with Crippen molar-refractivity contribution in [3.8, 4) is 0 Å². The number of hydrogen-bond donors (Lipinski definition) is 1. The number of aromatic nitrogens is 1. The third kappa shape index (κ3) is 3.65. The van der Waals surface area contributed by atoms with Gasteiger partial charge in [-0.05, 0) is 48.8 Å².